The van der Waals surface area contributed by atoms with Crippen molar-refractivity contribution in [2.75, 3.05) is 39.0 Å². The maximum absolute atomic E-state index is 12.1. The molecule has 1 aromatic heterocycles. The fourth-order valence-electron chi connectivity index (χ4n) is 2.99. The van der Waals surface area contributed by atoms with Crippen LogP contribution in [0.2, 0.25) is 0 Å². The number of amides is 1. The predicted octanol–water partition coefficient (Wildman–Crippen LogP) is 3.72. The summed E-state index contributed by atoms with van der Waals surface area (Å²) in [6.45, 7) is 12.3. The SMILES string of the molecule is CN=C(NCCCCNc1ccccn1)N(C)CCC(NC(=O)OC(C)(C)C)C(C)C. The van der Waals surface area contributed by atoms with Gasteiger partial charge in [-0.3, -0.25) is 4.99 Å². The normalized spacial score (nSPS) is 13.0. The summed E-state index contributed by atoms with van der Waals surface area (Å²) in [6.07, 6.45) is 4.30. The Morgan fingerprint density at radius 1 is 1.23 bits per heavy atom. The quantitative estimate of drug-likeness (QED) is 0.279. The van der Waals surface area contributed by atoms with Crippen molar-refractivity contribution in [3.05, 3.63) is 24.4 Å². The van der Waals surface area contributed by atoms with Gasteiger partial charge in [0.2, 0.25) is 0 Å². The van der Waals surface area contributed by atoms with Gasteiger partial charge in [-0.1, -0.05) is 19.9 Å². The zero-order valence-corrected chi connectivity index (χ0v) is 20.4. The van der Waals surface area contributed by atoms with E-state index < -0.39 is 5.60 Å². The summed E-state index contributed by atoms with van der Waals surface area (Å²) < 4.78 is 5.40. The van der Waals surface area contributed by atoms with Crippen LogP contribution in [0.25, 0.3) is 0 Å². The average Bonchev–Trinajstić information content (AvgIpc) is 2.69. The Hall–Kier alpha value is -2.51. The van der Waals surface area contributed by atoms with Gasteiger partial charge in [0, 0.05) is 46.0 Å². The van der Waals surface area contributed by atoms with Gasteiger partial charge in [0.15, 0.2) is 5.96 Å². The maximum Gasteiger partial charge on any atom is 0.407 e. The number of hydrogen-bond acceptors (Lipinski definition) is 5. The van der Waals surface area contributed by atoms with Gasteiger partial charge < -0.3 is 25.6 Å². The summed E-state index contributed by atoms with van der Waals surface area (Å²) in [4.78, 5) is 22.9. The van der Waals surface area contributed by atoms with E-state index in [0.29, 0.717) is 5.92 Å². The Morgan fingerprint density at radius 2 is 1.94 bits per heavy atom. The molecule has 0 radical (unpaired) electrons. The van der Waals surface area contributed by atoms with Crippen molar-refractivity contribution in [1.82, 2.24) is 20.5 Å². The van der Waals surface area contributed by atoms with Crippen LogP contribution >= 0.6 is 0 Å². The van der Waals surface area contributed by atoms with Crippen LogP contribution in [0.4, 0.5) is 10.6 Å². The first-order chi connectivity index (χ1) is 14.6. The second-order valence-corrected chi connectivity index (χ2v) is 9.03. The van der Waals surface area contributed by atoms with Gasteiger partial charge in [0.25, 0.3) is 0 Å². The first kappa shape index (κ1) is 26.5. The number of anilines is 1. The number of guanidine groups is 1. The van der Waals surface area contributed by atoms with Crippen LogP contribution in [0.1, 0.15) is 53.9 Å². The van der Waals surface area contributed by atoms with Crippen molar-refractivity contribution in [2.45, 2.75) is 65.5 Å². The van der Waals surface area contributed by atoms with Crippen molar-refractivity contribution >= 4 is 17.9 Å². The average molecular weight is 435 g/mol. The molecule has 0 fully saturated rings. The molecule has 1 rings (SSSR count). The highest BCUT2D eigenvalue weighted by atomic mass is 16.6. The molecule has 0 bridgehead atoms. The summed E-state index contributed by atoms with van der Waals surface area (Å²) >= 11 is 0. The highest BCUT2D eigenvalue weighted by Crippen LogP contribution is 2.11. The fourth-order valence-corrected chi connectivity index (χ4v) is 2.99. The van der Waals surface area contributed by atoms with E-state index >= 15 is 0 Å². The molecule has 8 nitrogen and oxygen atoms in total. The first-order valence-electron chi connectivity index (χ1n) is 11.2. The molecule has 0 aliphatic rings. The van der Waals surface area contributed by atoms with Gasteiger partial charge >= 0.3 is 6.09 Å². The number of carbonyl (C=O) groups excluding carboxylic acids is 1. The van der Waals surface area contributed by atoms with Gasteiger partial charge in [-0.25, -0.2) is 9.78 Å². The van der Waals surface area contributed by atoms with E-state index in [2.05, 4.69) is 44.7 Å². The van der Waals surface area contributed by atoms with E-state index in [-0.39, 0.29) is 12.1 Å². The molecule has 0 aromatic carbocycles. The van der Waals surface area contributed by atoms with Crippen LogP contribution < -0.4 is 16.0 Å². The van der Waals surface area contributed by atoms with Crippen LogP contribution in [0.5, 0.6) is 0 Å². The lowest BCUT2D eigenvalue weighted by Gasteiger charge is -2.28. The number of alkyl carbamates (subject to hydrolysis) is 1. The minimum absolute atomic E-state index is 0.0353. The number of ether oxygens (including phenoxy) is 1. The smallest absolute Gasteiger partial charge is 0.407 e. The Labute approximate surface area is 188 Å². The summed E-state index contributed by atoms with van der Waals surface area (Å²) in [7, 11) is 3.81. The van der Waals surface area contributed by atoms with Crippen LogP contribution in [0, 0.1) is 5.92 Å². The Balaban J connectivity index is 2.33. The molecular weight excluding hydrogens is 392 g/mol. The monoisotopic (exact) mass is 434 g/mol. The predicted molar refractivity (Wildman–Crippen MR) is 129 cm³/mol. The number of hydrogen-bond donors (Lipinski definition) is 3. The number of pyridine rings is 1. The number of rotatable bonds is 11. The van der Waals surface area contributed by atoms with Gasteiger partial charge in [0.05, 0.1) is 0 Å². The van der Waals surface area contributed by atoms with Crippen LogP contribution in [-0.2, 0) is 4.74 Å². The van der Waals surface area contributed by atoms with Crippen LogP contribution in [0.3, 0.4) is 0 Å². The zero-order valence-electron chi connectivity index (χ0n) is 20.4. The van der Waals surface area contributed by atoms with Crippen molar-refractivity contribution in [3.8, 4) is 0 Å². The summed E-state index contributed by atoms with van der Waals surface area (Å²) in [5.74, 6) is 2.07. The third kappa shape index (κ3) is 12.1. The minimum Gasteiger partial charge on any atom is -0.444 e. The van der Waals surface area contributed by atoms with Gasteiger partial charge in [-0.2, -0.15) is 0 Å². The lowest BCUT2D eigenvalue weighted by Crippen LogP contribution is -2.45. The lowest BCUT2D eigenvalue weighted by molar-refractivity contribution is 0.0486. The Kier molecular flexibility index (Phi) is 11.7. The molecule has 176 valence electrons. The van der Waals surface area contributed by atoms with Crippen molar-refractivity contribution < 1.29 is 9.53 Å². The first-order valence-corrected chi connectivity index (χ1v) is 11.2. The second-order valence-electron chi connectivity index (χ2n) is 9.03. The largest absolute Gasteiger partial charge is 0.444 e. The molecule has 3 N–H and O–H groups in total. The molecule has 31 heavy (non-hydrogen) atoms. The van der Waals surface area contributed by atoms with Gasteiger partial charge in [0.1, 0.15) is 11.4 Å². The fraction of sp³-hybridized carbons (Fsp3) is 0.696. The number of carbonyl (C=O) groups is 1. The van der Waals surface area contributed by atoms with E-state index in [1.807, 2.05) is 46.0 Å². The molecule has 8 heteroatoms. The molecule has 0 saturated carbocycles. The van der Waals surface area contributed by atoms with Crippen molar-refractivity contribution in [2.24, 2.45) is 10.9 Å². The maximum atomic E-state index is 12.1. The lowest BCUT2D eigenvalue weighted by atomic mass is 10.0. The molecule has 1 amide bonds. The molecule has 1 aromatic rings. The number of aromatic nitrogens is 1. The van der Waals surface area contributed by atoms with E-state index in [0.717, 1.165) is 50.7 Å². The van der Waals surface area contributed by atoms with E-state index in [4.69, 9.17) is 4.74 Å². The molecule has 1 heterocycles. The number of aliphatic imine (C=N–C) groups is 1. The van der Waals surface area contributed by atoms with Crippen molar-refractivity contribution in [1.29, 1.82) is 0 Å². The highest BCUT2D eigenvalue weighted by molar-refractivity contribution is 5.79. The zero-order chi connectivity index (χ0) is 23.3. The van der Waals surface area contributed by atoms with E-state index in [1.165, 1.54) is 0 Å². The summed E-state index contributed by atoms with van der Waals surface area (Å²) in [5.41, 5.74) is -0.499. The van der Waals surface area contributed by atoms with E-state index in [1.54, 1.807) is 13.2 Å². The highest BCUT2D eigenvalue weighted by Gasteiger charge is 2.22. The summed E-state index contributed by atoms with van der Waals surface area (Å²) in [6, 6.07) is 5.89. The molecule has 0 aliphatic heterocycles. The topological polar surface area (TPSA) is 90.9 Å². The third-order valence-electron chi connectivity index (χ3n) is 4.71. The van der Waals surface area contributed by atoms with Gasteiger partial charge in [-0.15, -0.1) is 0 Å². The third-order valence-corrected chi connectivity index (χ3v) is 4.71. The van der Waals surface area contributed by atoms with E-state index in [9.17, 15) is 4.79 Å². The molecular formula is C23H42N6O2. The molecule has 0 saturated heterocycles. The van der Waals surface area contributed by atoms with Crippen LogP contribution in [-0.4, -0.2) is 67.3 Å². The number of nitrogens with zero attached hydrogens (tertiary/aromatic N) is 3. The van der Waals surface area contributed by atoms with Crippen molar-refractivity contribution in [3.63, 3.8) is 0 Å². The van der Waals surface area contributed by atoms with Crippen LogP contribution in [0.15, 0.2) is 29.4 Å². The standard InChI is InChI=1S/C23H42N6O2/c1-18(2)19(28-22(30)31-23(3,4)5)13-17-29(7)21(24-6)27-16-11-10-15-26-20-12-8-9-14-25-20/h8-9,12,14,18-19H,10-11,13,15-17H2,1-7H3,(H,24,27)(H,25,26)(H,28,30). The minimum atomic E-state index is -0.499. The number of nitrogens with one attached hydrogen (secondary N) is 3. The van der Waals surface area contributed by atoms with Gasteiger partial charge in [-0.05, 0) is 58.1 Å². The summed E-state index contributed by atoms with van der Waals surface area (Å²) in [5, 5.41) is 9.74. The molecule has 1 atom stereocenters. The second kappa shape index (κ2) is 13.7. The number of unbranched alkanes of at least 4 members (excludes halogenated alkanes) is 1. The molecule has 0 spiro atoms. The molecule has 1 unspecified atom stereocenters. The molecule has 0 aliphatic carbocycles. The Bertz CT molecular complexity index is 658. The Morgan fingerprint density at radius 3 is 2.52 bits per heavy atom.